The van der Waals surface area contributed by atoms with Crippen LogP contribution in [0.15, 0.2) is 24.3 Å². The minimum Gasteiger partial charge on any atom is -0.478 e. The van der Waals surface area contributed by atoms with Gasteiger partial charge in [-0.3, -0.25) is 0 Å². The SMILES string of the molecule is C[Si](C)(C)CCCCCCCNc1ccc(C(=O)O)cc1. The molecule has 0 saturated heterocycles. The first-order valence-corrected chi connectivity index (χ1v) is 11.7. The number of hydrogen-bond donors (Lipinski definition) is 2. The number of unbranched alkanes of at least 4 members (excludes halogenated alkanes) is 4. The van der Waals surface area contributed by atoms with Gasteiger partial charge < -0.3 is 10.4 Å². The summed E-state index contributed by atoms with van der Waals surface area (Å²) in [5.41, 5.74) is 1.33. The van der Waals surface area contributed by atoms with Gasteiger partial charge in [-0.25, -0.2) is 4.79 Å². The minimum absolute atomic E-state index is 0.336. The highest BCUT2D eigenvalue weighted by atomic mass is 28.3. The molecule has 1 rings (SSSR count). The lowest BCUT2D eigenvalue weighted by molar-refractivity contribution is 0.0697. The summed E-state index contributed by atoms with van der Waals surface area (Å²) in [6, 6.07) is 8.39. The predicted octanol–water partition coefficient (Wildman–Crippen LogP) is 5.09. The molecule has 0 aliphatic heterocycles. The zero-order chi connectivity index (χ0) is 15.7. The van der Waals surface area contributed by atoms with E-state index in [0.717, 1.165) is 12.2 Å². The molecule has 2 N–H and O–H groups in total. The molecule has 21 heavy (non-hydrogen) atoms. The molecule has 0 unspecified atom stereocenters. The number of anilines is 1. The number of benzene rings is 1. The molecular weight excluding hydrogens is 278 g/mol. The van der Waals surface area contributed by atoms with Crippen LogP contribution in [0.4, 0.5) is 5.69 Å². The predicted molar refractivity (Wildman–Crippen MR) is 93.1 cm³/mol. The van der Waals surface area contributed by atoms with Gasteiger partial charge >= 0.3 is 5.97 Å². The molecule has 0 aromatic heterocycles. The van der Waals surface area contributed by atoms with E-state index < -0.39 is 14.0 Å². The topological polar surface area (TPSA) is 49.3 Å². The van der Waals surface area contributed by atoms with Crippen molar-refractivity contribution in [1.82, 2.24) is 0 Å². The monoisotopic (exact) mass is 307 g/mol. The van der Waals surface area contributed by atoms with Crippen LogP contribution in [0, 0.1) is 0 Å². The second-order valence-electron chi connectivity index (χ2n) is 6.89. The Kier molecular flexibility index (Phi) is 7.51. The van der Waals surface area contributed by atoms with Crippen LogP contribution in [0.5, 0.6) is 0 Å². The van der Waals surface area contributed by atoms with E-state index in [9.17, 15) is 4.79 Å². The van der Waals surface area contributed by atoms with Crippen molar-refractivity contribution in [2.45, 2.75) is 57.8 Å². The highest BCUT2D eigenvalue weighted by Gasteiger charge is 2.11. The Balaban J connectivity index is 2.05. The smallest absolute Gasteiger partial charge is 0.335 e. The van der Waals surface area contributed by atoms with Crippen molar-refractivity contribution in [1.29, 1.82) is 0 Å². The van der Waals surface area contributed by atoms with E-state index in [1.807, 2.05) is 12.1 Å². The Morgan fingerprint density at radius 1 is 1.00 bits per heavy atom. The summed E-state index contributed by atoms with van der Waals surface area (Å²) in [7, 11) is -0.844. The summed E-state index contributed by atoms with van der Waals surface area (Å²) in [4.78, 5) is 10.7. The van der Waals surface area contributed by atoms with Crippen molar-refractivity contribution < 1.29 is 9.90 Å². The molecular formula is C17H29NO2Si. The largest absolute Gasteiger partial charge is 0.478 e. The molecule has 3 nitrogen and oxygen atoms in total. The number of nitrogens with one attached hydrogen (secondary N) is 1. The first-order chi connectivity index (χ1) is 9.88. The van der Waals surface area contributed by atoms with E-state index in [1.54, 1.807) is 12.1 Å². The molecule has 0 heterocycles. The van der Waals surface area contributed by atoms with E-state index >= 15 is 0 Å². The third-order valence-corrected chi connectivity index (χ3v) is 5.42. The van der Waals surface area contributed by atoms with Gasteiger partial charge in [-0.2, -0.15) is 0 Å². The van der Waals surface area contributed by atoms with Crippen molar-refractivity contribution in [3.05, 3.63) is 29.8 Å². The van der Waals surface area contributed by atoms with E-state index in [-0.39, 0.29) is 0 Å². The van der Waals surface area contributed by atoms with Crippen LogP contribution in [-0.4, -0.2) is 25.7 Å². The van der Waals surface area contributed by atoms with E-state index in [0.29, 0.717) is 5.56 Å². The van der Waals surface area contributed by atoms with Crippen LogP contribution in [0.25, 0.3) is 0 Å². The van der Waals surface area contributed by atoms with Crippen molar-refractivity contribution >= 4 is 19.7 Å². The van der Waals surface area contributed by atoms with Gasteiger partial charge in [-0.1, -0.05) is 51.4 Å². The van der Waals surface area contributed by atoms with Crippen molar-refractivity contribution in [3.63, 3.8) is 0 Å². The summed E-state index contributed by atoms with van der Waals surface area (Å²) in [5.74, 6) is -0.875. The fraction of sp³-hybridized carbons (Fsp3) is 0.588. The maximum Gasteiger partial charge on any atom is 0.335 e. The van der Waals surface area contributed by atoms with E-state index in [1.165, 1.54) is 38.1 Å². The Bertz CT molecular complexity index is 423. The van der Waals surface area contributed by atoms with Crippen LogP contribution in [0.1, 0.15) is 42.5 Å². The molecule has 1 aromatic rings. The number of carbonyl (C=O) groups is 1. The number of rotatable bonds is 10. The summed E-state index contributed by atoms with van der Waals surface area (Å²) in [6.45, 7) is 8.27. The maximum absolute atomic E-state index is 10.7. The minimum atomic E-state index is -0.875. The summed E-state index contributed by atoms with van der Waals surface area (Å²) in [5, 5.41) is 12.2. The highest BCUT2D eigenvalue weighted by Crippen LogP contribution is 2.15. The summed E-state index contributed by atoms with van der Waals surface area (Å²) in [6.07, 6.45) is 6.51. The van der Waals surface area contributed by atoms with Gasteiger partial charge in [-0.15, -0.1) is 0 Å². The quantitative estimate of drug-likeness (QED) is 0.468. The number of carboxylic acids is 1. The molecule has 0 atom stereocenters. The molecule has 0 aliphatic carbocycles. The normalized spacial score (nSPS) is 11.4. The molecule has 0 fully saturated rings. The number of aromatic carboxylic acids is 1. The Labute approximate surface area is 129 Å². The molecule has 118 valence electrons. The van der Waals surface area contributed by atoms with Crippen LogP contribution >= 0.6 is 0 Å². The molecule has 0 radical (unpaired) electrons. The van der Waals surface area contributed by atoms with Crippen LogP contribution in [0.3, 0.4) is 0 Å². The third-order valence-electron chi connectivity index (χ3n) is 3.56. The lowest BCUT2D eigenvalue weighted by Gasteiger charge is -2.14. The third kappa shape index (κ3) is 8.55. The van der Waals surface area contributed by atoms with Crippen LogP contribution < -0.4 is 5.32 Å². The van der Waals surface area contributed by atoms with Crippen molar-refractivity contribution in [3.8, 4) is 0 Å². The highest BCUT2D eigenvalue weighted by molar-refractivity contribution is 6.76. The first-order valence-electron chi connectivity index (χ1n) is 7.96. The van der Waals surface area contributed by atoms with Gasteiger partial charge in [-0.05, 0) is 30.7 Å². The second kappa shape index (κ2) is 8.88. The van der Waals surface area contributed by atoms with Gasteiger partial charge in [0.2, 0.25) is 0 Å². The fourth-order valence-corrected chi connectivity index (χ4v) is 3.58. The lowest BCUT2D eigenvalue weighted by atomic mass is 10.1. The molecule has 0 bridgehead atoms. The Morgan fingerprint density at radius 2 is 1.57 bits per heavy atom. The van der Waals surface area contributed by atoms with Crippen molar-refractivity contribution in [2.24, 2.45) is 0 Å². The van der Waals surface area contributed by atoms with E-state index in [4.69, 9.17) is 5.11 Å². The zero-order valence-electron chi connectivity index (χ0n) is 13.6. The standard InChI is InChI=1S/C17H29NO2Si/c1-21(2,3)14-8-6-4-5-7-13-18-16-11-9-15(10-12-16)17(19)20/h9-12,18H,4-8,13-14H2,1-3H3,(H,19,20). The first kappa shape index (κ1) is 17.8. The second-order valence-corrected chi connectivity index (χ2v) is 12.5. The van der Waals surface area contributed by atoms with Crippen LogP contribution in [0.2, 0.25) is 25.7 Å². The molecule has 0 saturated carbocycles. The van der Waals surface area contributed by atoms with Crippen molar-refractivity contribution in [2.75, 3.05) is 11.9 Å². The summed E-state index contributed by atoms with van der Waals surface area (Å²) >= 11 is 0. The molecule has 0 amide bonds. The molecule has 0 aliphatic rings. The molecule has 1 aromatic carbocycles. The summed E-state index contributed by atoms with van der Waals surface area (Å²) < 4.78 is 0. The lowest BCUT2D eigenvalue weighted by Crippen LogP contribution is -2.18. The number of carboxylic acid groups (broad SMARTS) is 1. The van der Waals surface area contributed by atoms with Gasteiger partial charge in [0.05, 0.1) is 5.56 Å². The van der Waals surface area contributed by atoms with Gasteiger partial charge in [0.1, 0.15) is 0 Å². The fourth-order valence-electron chi connectivity index (χ4n) is 2.27. The van der Waals surface area contributed by atoms with E-state index in [2.05, 4.69) is 25.0 Å². The molecule has 0 spiro atoms. The van der Waals surface area contributed by atoms with Crippen LogP contribution in [-0.2, 0) is 0 Å². The van der Waals surface area contributed by atoms with Gasteiger partial charge in [0.25, 0.3) is 0 Å². The van der Waals surface area contributed by atoms with Gasteiger partial charge in [0, 0.05) is 20.3 Å². The number of hydrogen-bond acceptors (Lipinski definition) is 2. The average Bonchev–Trinajstić information content (AvgIpc) is 2.41. The average molecular weight is 308 g/mol. The molecule has 4 heteroatoms. The maximum atomic E-state index is 10.7. The Hall–Kier alpha value is -1.29. The van der Waals surface area contributed by atoms with Gasteiger partial charge in [0.15, 0.2) is 0 Å². The zero-order valence-corrected chi connectivity index (χ0v) is 14.6. The Morgan fingerprint density at radius 3 is 2.14 bits per heavy atom.